The second-order valence-corrected chi connectivity index (χ2v) is 7.26. The fourth-order valence-corrected chi connectivity index (χ4v) is 3.33. The van der Waals surface area contributed by atoms with E-state index in [1.807, 2.05) is 26.0 Å². The number of aryl methyl sites for hydroxylation is 1. The molecule has 1 fully saturated rings. The highest BCUT2D eigenvalue weighted by Gasteiger charge is 2.39. The third-order valence-electron chi connectivity index (χ3n) is 4.92. The molecule has 146 valence electrons. The van der Waals surface area contributed by atoms with Crippen LogP contribution in [0.3, 0.4) is 0 Å². The van der Waals surface area contributed by atoms with Gasteiger partial charge >= 0.3 is 0 Å². The first-order valence-electron chi connectivity index (χ1n) is 9.08. The molecule has 0 bridgehead atoms. The van der Waals surface area contributed by atoms with Crippen LogP contribution < -0.4 is 10.2 Å². The van der Waals surface area contributed by atoms with Gasteiger partial charge in [-0.15, -0.1) is 5.10 Å². The van der Waals surface area contributed by atoms with Gasteiger partial charge in [0, 0.05) is 30.5 Å². The molecule has 1 aliphatic rings. The number of aliphatic hydroxyl groups is 1. The Morgan fingerprint density at radius 3 is 2.46 bits per heavy atom. The minimum Gasteiger partial charge on any atom is -0.386 e. The summed E-state index contributed by atoms with van der Waals surface area (Å²) in [6.45, 7) is 5.17. The van der Waals surface area contributed by atoms with Crippen LogP contribution in [0.1, 0.15) is 18.9 Å². The van der Waals surface area contributed by atoms with E-state index in [1.165, 1.54) is 23.1 Å². The van der Waals surface area contributed by atoms with Crippen LogP contribution in [0.2, 0.25) is 0 Å². The number of halogens is 2. The highest BCUT2D eigenvalue weighted by Crippen LogP contribution is 2.32. The number of β-amino-alcohol motifs (C(OH)–C–C–N with tert-alkyl or cyclic N) is 1. The maximum absolute atomic E-state index is 13.4. The van der Waals surface area contributed by atoms with Crippen LogP contribution in [-0.2, 0) is 0 Å². The summed E-state index contributed by atoms with van der Waals surface area (Å²) in [5.74, 6) is -1.04. The zero-order valence-corrected chi connectivity index (χ0v) is 15.7. The highest BCUT2D eigenvalue weighted by molar-refractivity contribution is 5.65. The molecule has 0 unspecified atom stereocenters. The fourth-order valence-electron chi connectivity index (χ4n) is 3.33. The van der Waals surface area contributed by atoms with Crippen LogP contribution >= 0.6 is 0 Å². The van der Waals surface area contributed by atoms with Crippen molar-refractivity contribution in [2.24, 2.45) is 0 Å². The van der Waals surface area contributed by atoms with Crippen molar-refractivity contribution >= 4 is 17.3 Å². The molecule has 0 amide bonds. The monoisotopic (exact) mass is 385 g/mol. The Kier molecular flexibility index (Phi) is 4.50. The number of hydrogen-bond acceptors (Lipinski definition) is 5. The molecule has 28 heavy (non-hydrogen) atoms. The van der Waals surface area contributed by atoms with Gasteiger partial charge in [0.15, 0.2) is 0 Å². The molecule has 0 spiro atoms. The standard InChI is InChI=1S/C20H21F2N5O/c1-3-20(28)10-26(11-20)17-5-13(2)4-16(9-17)24-19-23-12-27(25-19)18-7-14(21)6-15(22)8-18/h4-9,12,28H,3,10-11H2,1-2H3,(H,24,25). The summed E-state index contributed by atoms with van der Waals surface area (Å²) in [5.41, 5.74) is 2.50. The molecule has 8 heteroatoms. The van der Waals surface area contributed by atoms with Gasteiger partial charge in [-0.3, -0.25) is 0 Å². The quantitative estimate of drug-likeness (QED) is 0.703. The number of nitrogens with one attached hydrogen (secondary N) is 1. The van der Waals surface area contributed by atoms with Gasteiger partial charge in [0.05, 0.1) is 11.3 Å². The van der Waals surface area contributed by atoms with Crippen LogP contribution in [0, 0.1) is 18.6 Å². The molecule has 3 aromatic rings. The molecular weight excluding hydrogens is 364 g/mol. The lowest BCUT2D eigenvalue weighted by atomic mass is 9.90. The summed E-state index contributed by atoms with van der Waals surface area (Å²) in [7, 11) is 0. The van der Waals surface area contributed by atoms with Crippen molar-refractivity contribution in [1.82, 2.24) is 14.8 Å². The Labute approximate surface area is 161 Å². The zero-order chi connectivity index (χ0) is 19.9. The van der Waals surface area contributed by atoms with Crippen molar-refractivity contribution in [3.8, 4) is 5.69 Å². The van der Waals surface area contributed by atoms with Crippen LogP contribution in [0.5, 0.6) is 0 Å². The molecule has 1 saturated heterocycles. The van der Waals surface area contributed by atoms with Crippen LogP contribution in [0.4, 0.5) is 26.1 Å². The summed E-state index contributed by atoms with van der Waals surface area (Å²) in [6.07, 6.45) is 2.12. The van der Waals surface area contributed by atoms with Gasteiger partial charge in [0.25, 0.3) is 0 Å². The average molecular weight is 385 g/mol. The summed E-state index contributed by atoms with van der Waals surface area (Å²) >= 11 is 0. The number of hydrogen-bond donors (Lipinski definition) is 2. The Balaban J connectivity index is 1.53. The van der Waals surface area contributed by atoms with Gasteiger partial charge in [0.1, 0.15) is 18.0 Å². The van der Waals surface area contributed by atoms with Crippen LogP contribution in [0.25, 0.3) is 5.69 Å². The fraction of sp³-hybridized carbons (Fsp3) is 0.300. The predicted molar refractivity (Wildman–Crippen MR) is 103 cm³/mol. The molecule has 0 saturated carbocycles. The van der Waals surface area contributed by atoms with E-state index in [2.05, 4.69) is 26.4 Å². The van der Waals surface area contributed by atoms with Gasteiger partial charge in [-0.1, -0.05) is 6.92 Å². The second-order valence-electron chi connectivity index (χ2n) is 7.26. The highest BCUT2D eigenvalue weighted by atomic mass is 19.1. The minimum atomic E-state index is -0.676. The SMILES string of the molecule is CCC1(O)CN(c2cc(C)cc(Nc3ncn(-c4cc(F)cc(F)c4)n3)c2)C1. The molecule has 0 radical (unpaired) electrons. The smallest absolute Gasteiger partial charge is 0.246 e. The number of anilines is 3. The predicted octanol–water partition coefficient (Wildman–Crippen LogP) is 3.56. The van der Waals surface area contributed by atoms with Crippen molar-refractivity contribution in [2.45, 2.75) is 25.9 Å². The van der Waals surface area contributed by atoms with Gasteiger partial charge in [-0.2, -0.15) is 4.98 Å². The average Bonchev–Trinajstić information content (AvgIpc) is 3.06. The van der Waals surface area contributed by atoms with E-state index in [-0.39, 0.29) is 5.69 Å². The van der Waals surface area contributed by atoms with Crippen molar-refractivity contribution < 1.29 is 13.9 Å². The summed E-state index contributed by atoms with van der Waals surface area (Å²) < 4.78 is 28.1. The van der Waals surface area contributed by atoms with Gasteiger partial charge in [-0.05, 0) is 49.2 Å². The van der Waals surface area contributed by atoms with Crippen LogP contribution in [0.15, 0.2) is 42.7 Å². The lowest BCUT2D eigenvalue weighted by molar-refractivity contribution is 0.00853. The van der Waals surface area contributed by atoms with Gasteiger partial charge in [-0.25, -0.2) is 13.5 Å². The lowest BCUT2D eigenvalue weighted by Crippen LogP contribution is -2.61. The van der Waals surface area contributed by atoms with Gasteiger partial charge < -0.3 is 15.3 Å². The van der Waals surface area contributed by atoms with E-state index in [0.29, 0.717) is 19.0 Å². The third kappa shape index (κ3) is 3.68. The molecule has 4 rings (SSSR count). The number of aromatic nitrogens is 3. The van der Waals surface area contributed by atoms with E-state index in [4.69, 9.17) is 0 Å². The van der Waals surface area contributed by atoms with E-state index >= 15 is 0 Å². The molecule has 1 aromatic heterocycles. The molecule has 2 heterocycles. The maximum Gasteiger partial charge on any atom is 0.246 e. The van der Waals surface area contributed by atoms with Crippen LogP contribution in [-0.4, -0.2) is 38.6 Å². The molecule has 0 aliphatic carbocycles. The first-order chi connectivity index (χ1) is 13.3. The summed E-state index contributed by atoms with van der Waals surface area (Å²) in [6, 6.07) is 9.16. The molecule has 6 nitrogen and oxygen atoms in total. The van der Waals surface area contributed by atoms with E-state index in [0.717, 1.165) is 29.4 Å². The molecule has 1 aliphatic heterocycles. The minimum absolute atomic E-state index is 0.252. The summed E-state index contributed by atoms with van der Waals surface area (Å²) in [4.78, 5) is 6.28. The molecule has 2 N–H and O–H groups in total. The Morgan fingerprint density at radius 2 is 1.79 bits per heavy atom. The number of rotatable bonds is 5. The lowest BCUT2D eigenvalue weighted by Gasteiger charge is -2.47. The molecular formula is C20H21F2N5O. The van der Waals surface area contributed by atoms with Gasteiger partial charge in [0.2, 0.25) is 5.95 Å². The largest absolute Gasteiger partial charge is 0.386 e. The normalized spacial score (nSPS) is 15.4. The third-order valence-corrected chi connectivity index (χ3v) is 4.92. The second kappa shape index (κ2) is 6.87. The van der Waals surface area contributed by atoms with E-state index < -0.39 is 17.2 Å². The number of nitrogens with zero attached hydrogens (tertiary/aromatic N) is 4. The van der Waals surface area contributed by atoms with E-state index in [9.17, 15) is 13.9 Å². The number of benzene rings is 2. The Hall–Kier alpha value is -3.00. The molecule has 0 atom stereocenters. The summed E-state index contributed by atoms with van der Waals surface area (Å²) in [5, 5.41) is 17.6. The first-order valence-corrected chi connectivity index (χ1v) is 9.08. The van der Waals surface area contributed by atoms with Crippen molar-refractivity contribution in [3.05, 3.63) is 59.9 Å². The molecule has 2 aromatic carbocycles. The topological polar surface area (TPSA) is 66.2 Å². The van der Waals surface area contributed by atoms with Crippen molar-refractivity contribution in [1.29, 1.82) is 0 Å². The van der Waals surface area contributed by atoms with Crippen molar-refractivity contribution in [2.75, 3.05) is 23.3 Å². The Bertz CT molecular complexity index is 993. The van der Waals surface area contributed by atoms with E-state index in [1.54, 1.807) is 0 Å². The zero-order valence-electron chi connectivity index (χ0n) is 15.7. The maximum atomic E-state index is 13.4. The Morgan fingerprint density at radius 1 is 1.07 bits per heavy atom. The van der Waals surface area contributed by atoms with Crippen molar-refractivity contribution in [3.63, 3.8) is 0 Å². The first kappa shape index (κ1) is 18.4.